The maximum atomic E-state index is 12.6. The van der Waals surface area contributed by atoms with E-state index in [1.807, 2.05) is 73.7 Å². The molecule has 1 aliphatic rings. The number of hydrogen-bond donors (Lipinski definition) is 1. The second kappa shape index (κ2) is 9.48. The average Bonchev–Trinajstić information content (AvgIpc) is 2.94. The molecule has 1 heterocycles. The molecule has 1 fully saturated rings. The van der Waals surface area contributed by atoms with Gasteiger partial charge in [0.25, 0.3) is 5.91 Å². The van der Waals surface area contributed by atoms with E-state index in [1.165, 1.54) is 16.7 Å². The van der Waals surface area contributed by atoms with Crippen molar-refractivity contribution >= 4 is 51.9 Å². The number of nitrogens with one attached hydrogen (secondary N) is 1. The molecule has 4 nitrogen and oxygen atoms in total. The Labute approximate surface area is 174 Å². The van der Waals surface area contributed by atoms with Gasteiger partial charge in [0.15, 0.2) is 0 Å². The highest BCUT2D eigenvalue weighted by Crippen LogP contribution is 2.31. The zero-order valence-electron chi connectivity index (χ0n) is 15.4. The minimum atomic E-state index is -0.156. The van der Waals surface area contributed by atoms with Crippen molar-refractivity contribution in [2.45, 2.75) is 13.3 Å². The molecule has 6 heteroatoms. The Morgan fingerprint density at radius 2 is 1.96 bits per heavy atom. The number of carbonyl (C=O) groups is 2. The van der Waals surface area contributed by atoms with Crippen molar-refractivity contribution in [3.8, 4) is 0 Å². The van der Waals surface area contributed by atoms with Gasteiger partial charge in [0.2, 0.25) is 5.91 Å². The zero-order chi connectivity index (χ0) is 19.9. The lowest BCUT2D eigenvalue weighted by Gasteiger charge is -2.14. The molecule has 0 bridgehead atoms. The minimum absolute atomic E-state index is 0.146. The van der Waals surface area contributed by atoms with Gasteiger partial charge in [-0.2, -0.15) is 0 Å². The van der Waals surface area contributed by atoms with E-state index in [2.05, 4.69) is 5.32 Å². The number of thiocarbonyl (C=S) groups is 1. The van der Waals surface area contributed by atoms with Crippen LogP contribution < -0.4 is 5.32 Å². The summed E-state index contributed by atoms with van der Waals surface area (Å²) >= 11 is 6.57. The van der Waals surface area contributed by atoms with Gasteiger partial charge in [0, 0.05) is 18.7 Å². The van der Waals surface area contributed by atoms with E-state index in [0.717, 1.165) is 16.8 Å². The van der Waals surface area contributed by atoms with Crippen LogP contribution in [-0.4, -0.2) is 27.6 Å². The smallest absolute Gasteiger partial charge is 0.266 e. The molecule has 0 atom stereocenters. The van der Waals surface area contributed by atoms with Gasteiger partial charge < -0.3 is 5.32 Å². The summed E-state index contributed by atoms with van der Waals surface area (Å²) in [4.78, 5) is 26.8. The Balaban J connectivity index is 1.55. The third-order valence-corrected chi connectivity index (χ3v) is 5.47. The molecule has 1 aliphatic heterocycles. The number of hydrogen-bond acceptors (Lipinski definition) is 4. The van der Waals surface area contributed by atoms with Gasteiger partial charge in [-0.15, -0.1) is 0 Å². The van der Waals surface area contributed by atoms with Crippen molar-refractivity contribution in [1.82, 2.24) is 4.90 Å². The number of carbonyl (C=O) groups excluding carboxylic acids is 2. The molecular formula is C22H20N2O2S2. The summed E-state index contributed by atoms with van der Waals surface area (Å²) in [6.45, 7) is 2.23. The van der Waals surface area contributed by atoms with Gasteiger partial charge in [-0.25, -0.2) is 0 Å². The highest BCUT2D eigenvalue weighted by Gasteiger charge is 2.31. The Kier molecular flexibility index (Phi) is 6.79. The third kappa shape index (κ3) is 5.41. The maximum absolute atomic E-state index is 12.6. The summed E-state index contributed by atoms with van der Waals surface area (Å²) in [5, 5.41) is 2.85. The topological polar surface area (TPSA) is 49.4 Å². The van der Waals surface area contributed by atoms with Crippen LogP contribution in [0.2, 0.25) is 0 Å². The predicted molar refractivity (Wildman–Crippen MR) is 120 cm³/mol. The highest BCUT2D eigenvalue weighted by atomic mass is 32.2. The molecule has 0 unspecified atom stereocenters. The fourth-order valence-corrected chi connectivity index (χ4v) is 3.94. The molecule has 28 heavy (non-hydrogen) atoms. The predicted octanol–water partition coefficient (Wildman–Crippen LogP) is 4.78. The Morgan fingerprint density at radius 3 is 2.71 bits per heavy atom. The van der Waals surface area contributed by atoms with Crippen molar-refractivity contribution in [3.05, 3.63) is 82.8 Å². The molecule has 3 rings (SSSR count). The second-order valence-electron chi connectivity index (χ2n) is 6.29. The van der Waals surface area contributed by atoms with Crippen LogP contribution >= 0.6 is 24.0 Å². The quantitative estimate of drug-likeness (QED) is 0.552. The zero-order valence-corrected chi connectivity index (χ0v) is 17.1. The summed E-state index contributed by atoms with van der Waals surface area (Å²) in [7, 11) is 0. The number of rotatable bonds is 6. The normalized spacial score (nSPS) is 15.6. The number of thioether (sulfide) groups is 1. The largest absolute Gasteiger partial charge is 0.326 e. The standard InChI is InChI=1S/C22H20N2O2S2/c1-16-7-5-11-18(15-16)23-20(25)13-14-24-21(26)19(28-22(24)27)12-6-10-17-8-3-2-4-9-17/h2-12,15H,13-14H2,1H3,(H,23,25). The molecule has 2 aromatic rings. The molecule has 142 valence electrons. The molecule has 1 N–H and O–H groups in total. The summed E-state index contributed by atoms with van der Waals surface area (Å²) < 4.78 is 0.479. The van der Waals surface area contributed by atoms with Gasteiger partial charge >= 0.3 is 0 Å². The van der Waals surface area contributed by atoms with Gasteiger partial charge in [-0.1, -0.05) is 78.6 Å². The van der Waals surface area contributed by atoms with E-state index in [0.29, 0.717) is 9.23 Å². The van der Waals surface area contributed by atoms with Crippen molar-refractivity contribution in [2.75, 3.05) is 11.9 Å². The number of anilines is 1. The van der Waals surface area contributed by atoms with Crippen LogP contribution in [0.15, 0.2) is 71.7 Å². The van der Waals surface area contributed by atoms with Crippen LogP contribution in [0.5, 0.6) is 0 Å². The monoisotopic (exact) mass is 408 g/mol. The fourth-order valence-electron chi connectivity index (χ4n) is 2.68. The number of allylic oxidation sites excluding steroid dienone is 2. The van der Waals surface area contributed by atoms with Crippen LogP contribution in [0.1, 0.15) is 17.5 Å². The van der Waals surface area contributed by atoms with Crippen molar-refractivity contribution in [2.24, 2.45) is 0 Å². The van der Waals surface area contributed by atoms with Gasteiger partial charge in [-0.05, 0) is 36.3 Å². The van der Waals surface area contributed by atoms with E-state index < -0.39 is 0 Å². The molecule has 0 aliphatic carbocycles. The molecule has 0 aromatic heterocycles. The Hall–Kier alpha value is -2.70. The average molecular weight is 409 g/mol. The third-order valence-electron chi connectivity index (χ3n) is 4.07. The SMILES string of the molecule is Cc1cccc(NC(=O)CCN2C(=O)C(=CC=Cc3ccccc3)SC2=S)c1. The van der Waals surface area contributed by atoms with E-state index >= 15 is 0 Å². The molecule has 1 saturated heterocycles. The summed E-state index contributed by atoms with van der Waals surface area (Å²) in [6, 6.07) is 17.4. The number of aryl methyl sites for hydroxylation is 1. The first-order chi connectivity index (χ1) is 13.5. The first kappa shape index (κ1) is 20.0. The van der Waals surface area contributed by atoms with Gasteiger partial charge in [0.05, 0.1) is 4.91 Å². The number of benzene rings is 2. The Bertz CT molecular complexity index is 952. The first-order valence-corrected chi connectivity index (χ1v) is 10.1. The molecule has 0 radical (unpaired) electrons. The fraction of sp³-hybridized carbons (Fsp3) is 0.136. The lowest BCUT2D eigenvalue weighted by molar-refractivity contribution is -0.122. The summed E-state index contributed by atoms with van der Waals surface area (Å²) in [5.41, 5.74) is 2.88. The van der Waals surface area contributed by atoms with Crippen molar-refractivity contribution in [1.29, 1.82) is 0 Å². The molecule has 0 spiro atoms. The van der Waals surface area contributed by atoms with Crippen LogP contribution in [0.25, 0.3) is 6.08 Å². The molecule has 0 saturated carbocycles. The summed E-state index contributed by atoms with van der Waals surface area (Å²) in [5.74, 6) is -0.302. The Morgan fingerprint density at radius 1 is 1.18 bits per heavy atom. The number of amides is 2. The van der Waals surface area contributed by atoms with Crippen LogP contribution in [0, 0.1) is 6.92 Å². The molecular weight excluding hydrogens is 388 g/mol. The van der Waals surface area contributed by atoms with Gasteiger partial charge in [-0.3, -0.25) is 14.5 Å². The second-order valence-corrected chi connectivity index (χ2v) is 7.97. The number of nitrogens with zero attached hydrogens (tertiary/aromatic N) is 1. The van der Waals surface area contributed by atoms with E-state index in [-0.39, 0.29) is 24.8 Å². The van der Waals surface area contributed by atoms with E-state index in [9.17, 15) is 9.59 Å². The minimum Gasteiger partial charge on any atom is -0.326 e. The lowest BCUT2D eigenvalue weighted by atomic mass is 10.2. The van der Waals surface area contributed by atoms with Crippen molar-refractivity contribution in [3.63, 3.8) is 0 Å². The van der Waals surface area contributed by atoms with Crippen molar-refractivity contribution < 1.29 is 9.59 Å². The van der Waals surface area contributed by atoms with E-state index in [4.69, 9.17) is 12.2 Å². The van der Waals surface area contributed by atoms with Gasteiger partial charge in [0.1, 0.15) is 4.32 Å². The first-order valence-electron chi connectivity index (χ1n) is 8.86. The van der Waals surface area contributed by atoms with Crippen LogP contribution in [0.3, 0.4) is 0 Å². The van der Waals surface area contributed by atoms with Crippen LogP contribution in [0.4, 0.5) is 5.69 Å². The molecule has 2 amide bonds. The maximum Gasteiger partial charge on any atom is 0.266 e. The highest BCUT2D eigenvalue weighted by molar-refractivity contribution is 8.26. The van der Waals surface area contributed by atoms with E-state index in [1.54, 1.807) is 6.08 Å². The summed E-state index contributed by atoms with van der Waals surface area (Å²) in [6.07, 6.45) is 5.72. The van der Waals surface area contributed by atoms with Crippen LogP contribution in [-0.2, 0) is 9.59 Å². The molecule has 2 aromatic carbocycles. The lowest BCUT2D eigenvalue weighted by Crippen LogP contribution is -2.31.